The van der Waals surface area contributed by atoms with Crippen LogP contribution in [0.1, 0.15) is 5.56 Å². The maximum absolute atomic E-state index is 12.1. The summed E-state index contributed by atoms with van der Waals surface area (Å²) in [5.41, 5.74) is 11.3. The van der Waals surface area contributed by atoms with Gasteiger partial charge in [0, 0.05) is 5.69 Å². The molecule has 2 nitrogen and oxygen atoms in total. The van der Waals surface area contributed by atoms with E-state index in [2.05, 4.69) is 0 Å². The lowest BCUT2D eigenvalue weighted by Gasteiger charge is -2.15. The molecule has 1 aromatic carbocycles. The van der Waals surface area contributed by atoms with Crippen molar-refractivity contribution in [1.29, 1.82) is 0 Å². The molecule has 4 N–H and O–H groups in total. The third-order valence-corrected chi connectivity index (χ3v) is 1.83. The van der Waals surface area contributed by atoms with Gasteiger partial charge in [-0.15, -0.1) is 0 Å². The fraction of sp³-hybridized carbons (Fsp3) is 0.333. The normalized spacial score (nSPS) is 14.0. The molecule has 1 unspecified atom stereocenters. The zero-order valence-corrected chi connectivity index (χ0v) is 7.38. The predicted molar refractivity (Wildman–Crippen MR) is 48.6 cm³/mol. The fourth-order valence-corrected chi connectivity index (χ4v) is 1.09. The molecule has 0 aliphatic heterocycles. The highest BCUT2D eigenvalue weighted by atomic mass is 19.4. The van der Waals surface area contributed by atoms with E-state index in [0.29, 0.717) is 11.3 Å². The van der Waals surface area contributed by atoms with Crippen LogP contribution in [0.4, 0.5) is 18.9 Å². The molecule has 0 spiro atoms. The summed E-state index contributed by atoms with van der Waals surface area (Å²) in [5, 5.41) is 0. The van der Waals surface area contributed by atoms with E-state index < -0.39 is 12.2 Å². The zero-order valence-electron chi connectivity index (χ0n) is 7.38. The van der Waals surface area contributed by atoms with Crippen LogP contribution in [0, 0.1) is 0 Å². The number of alkyl halides is 3. The Balaban J connectivity index is 2.70. The van der Waals surface area contributed by atoms with Gasteiger partial charge in [-0.25, -0.2) is 0 Å². The largest absolute Gasteiger partial charge is 0.403 e. The Morgan fingerprint density at radius 1 is 1.29 bits per heavy atom. The summed E-state index contributed by atoms with van der Waals surface area (Å²) < 4.78 is 36.2. The predicted octanol–water partition coefficient (Wildman–Crippen LogP) is 1.70. The first-order chi connectivity index (χ1) is 6.39. The monoisotopic (exact) mass is 204 g/mol. The summed E-state index contributed by atoms with van der Waals surface area (Å²) in [6.07, 6.45) is -4.60. The maximum Gasteiger partial charge on any atom is 0.403 e. The molecule has 5 heteroatoms. The lowest BCUT2D eigenvalue weighted by molar-refractivity contribution is -0.147. The van der Waals surface area contributed by atoms with Crippen LogP contribution in [0.15, 0.2) is 24.3 Å². The van der Waals surface area contributed by atoms with Crippen molar-refractivity contribution in [3.8, 4) is 0 Å². The summed E-state index contributed by atoms with van der Waals surface area (Å²) in [4.78, 5) is 0. The van der Waals surface area contributed by atoms with Crippen molar-refractivity contribution in [3.05, 3.63) is 29.8 Å². The van der Waals surface area contributed by atoms with Crippen LogP contribution in [0.3, 0.4) is 0 Å². The van der Waals surface area contributed by atoms with Gasteiger partial charge < -0.3 is 11.5 Å². The van der Waals surface area contributed by atoms with Gasteiger partial charge in [0.1, 0.15) is 6.04 Å². The average Bonchev–Trinajstić information content (AvgIpc) is 2.02. The van der Waals surface area contributed by atoms with E-state index >= 15 is 0 Å². The second-order valence-corrected chi connectivity index (χ2v) is 3.10. The summed E-state index contributed by atoms with van der Waals surface area (Å²) >= 11 is 0. The van der Waals surface area contributed by atoms with Gasteiger partial charge in [-0.3, -0.25) is 0 Å². The van der Waals surface area contributed by atoms with E-state index in [1.165, 1.54) is 6.07 Å². The smallest absolute Gasteiger partial charge is 0.399 e. The van der Waals surface area contributed by atoms with E-state index in [4.69, 9.17) is 11.5 Å². The Bertz CT molecular complexity index is 309. The second-order valence-electron chi connectivity index (χ2n) is 3.10. The molecule has 78 valence electrons. The molecule has 0 aromatic heterocycles. The minimum atomic E-state index is -4.36. The molecule has 14 heavy (non-hydrogen) atoms. The lowest BCUT2D eigenvalue weighted by atomic mass is 10.1. The first kappa shape index (κ1) is 10.8. The molecular formula is C9H11F3N2. The Morgan fingerprint density at radius 3 is 2.43 bits per heavy atom. The minimum Gasteiger partial charge on any atom is -0.399 e. The van der Waals surface area contributed by atoms with Crippen molar-refractivity contribution in [2.75, 3.05) is 5.73 Å². The van der Waals surface area contributed by atoms with Crippen LogP contribution < -0.4 is 11.5 Å². The quantitative estimate of drug-likeness (QED) is 0.720. The first-order valence-corrected chi connectivity index (χ1v) is 4.06. The van der Waals surface area contributed by atoms with Crippen LogP contribution in [0.5, 0.6) is 0 Å². The topological polar surface area (TPSA) is 52.0 Å². The van der Waals surface area contributed by atoms with Crippen molar-refractivity contribution in [3.63, 3.8) is 0 Å². The molecule has 0 aliphatic carbocycles. The molecule has 0 aliphatic rings. The van der Waals surface area contributed by atoms with Gasteiger partial charge >= 0.3 is 6.18 Å². The number of anilines is 1. The van der Waals surface area contributed by atoms with Crippen molar-refractivity contribution in [2.24, 2.45) is 5.73 Å². The maximum atomic E-state index is 12.1. The van der Waals surface area contributed by atoms with Gasteiger partial charge in [0.2, 0.25) is 0 Å². The van der Waals surface area contributed by atoms with E-state index in [1.807, 2.05) is 0 Å². The minimum absolute atomic E-state index is 0.242. The number of hydrogen-bond acceptors (Lipinski definition) is 2. The third kappa shape index (κ3) is 2.92. The van der Waals surface area contributed by atoms with Gasteiger partial charge in [-0.1, -0.05) is 12.1 Å². The van der Waals surface area contributed by atoms with Crippen LogP contribution in [-0.4, -0.2) is 12.2 Å². The number of rotatable bonds is 2. The number of nitrogen functional groups attached to an aromatic ring is 1. The zero-order chi connectivity index (χ0) is 10.8. The molecule has 0 fully saturated rings. The molecule has 0 saturated carbocycles. The molecule has 1 rings (SSSR count). The van der Waals surface area contributed by atoms with E-state index in [9.17, 15) is 13.2 Å². The van der Waals surface area contributed by atoms with Crippen LogP contribution in [-0.2, 0) is 6.42 Å². The lowest BCUT2D eigenvalue weighted by Crippen LogP contribution is -2.39. The number of benzene rings is 1. The highest BCUT2D eigenvalue weighted by Crippen LogP contribution is 2.21. The number of nitrogens with two attached hydrogens (primary N) is 2. The summed E-state index contributed by atoms with van der Waals surface area (Å²) in [5.74, 6) is 0. The van der Waals surface area contributed by atoms with Crippen molar-refractivity contribution < 1.29 is 13.2 Å². The molecule has 0 heterocycles. The van der Waals surface area contributed by atoms with Crippen LogP contribution >= 0.6 is 0 Å². The summed E-state index contributed by atoms with van der Waals surface area (Å²) in [6, 6.07) is 4.45. The van der Waals surface area contributed by atoms with E-state index in [0.717, 1.165) is 0 Å². The van der Waals surface area contributed by atoms with Crippen molar-refractivity contribution >= 4 is 5.69 Å². The van der Waals surface area contributed by atoms with Gasteiger partial charge in [0.25, 0.3) is 0 Å². The summed E-state index contributed by atoms with van der Waals surface area (Å²) in [7, 11) is 0. The summed E-state index contributed by atoms with van der Waals surface area (Å²) in [6.45, 7) is 0. The third-order valence-electron chi connectivity index (χ3n) is 1.83. The molecule has 1 aromatic rings. The average molecular weight is 204 g/mol. The number of halogens is 3. The number of hydrogen-bond donors (Lipinski definition) is 2. The van der Waals surface area contributed by atoms with Gasteiger partial charge in [-0.2, -0.15) is 13.2 Å². The molecule has 0 bridgehead atoms. The first-order valence-electron chi connectivity index (χ1n) is 4.06. The highest BCUT2D eigenvalue weighted by Gasteiger charge is 2.36. The van der Waals surface area contributed by atoms with Crippen LogP contribution in [0.2, 0.25) is 0 Å². The molecule has 1 atom stereocenters. The Labute approximate surface area is 79.7 Å². The fourth-order valence-electron chi connectivity index (χ4n) is 1.09. The Hall–Kier alpha value is -1.23. The van der Waals surface area contributed by atoms with Gasteiger partial charge in [-0.05, 0) is 24.1 Å². The Morgan fingerprint density at radius 2 is 1.93 bits per heavy atom. The Kier molecular flexibility index (Phi) is 3.00. The van der Waals surface area contributed by atoms with E-state index in [1.54, 1.807) is 18.2 Å². The molecule has 0 saturated heterocycles. The van der Waals surface area contributed by atoms with Gasteiger partial charge in [0.15, 0.2) is 0 Å². The van der Waals surface area contributed by atoms with E-state index in [-0.39, 0.29) is 6.42 Å². The van der Waals surface area contributed by atoms with Gasteiger partial charge in [0.05, 0.1) is 0 Å². The highest BCUT2D eigenvalue weighted by molar-refractivity contribution is 5.40. The molecule has 0 amide bonds. The van der Waals surface area contributed by atoms with Crippen LogP contribution in [0.25, 0.3) is 0 Å². The van der Waals surface area contributed by atoms with Crippen molar-refractivity contribution in [2.45, 2.75) is 18.6 Å². The molecule has 0 radical (unpaired) electrons. The SMILES string of the molecule is Nc1cccc(CC(N)C(F)(F)F)c1. The second kappa shape index (κ2) is 3.88. The molecular weight excluding hydrogens is 193 g/mol. The standard InChI is InChI=1S/C9H11F3N2/c10-9(11,12)8(14)5-6-2-1-3-7(13)4-6/h1-4,8H,5,13-14H2. The van der Waals surface area contributed by atoms with Crippen molar-refractivity contribution in [1.82, 2.24) is 0 Å².